The number of ether oxygens (including phenoxy) is 6. The van der Waals surface area contributed by atoms with Gasteiger partial charge in [0, 0.05) is 58.5 Å². The van der Waals surface area contributed by atoms with Gasteiger partial charge in [0.05, 0.1) is 18.3 Å². The molecule has 15 nitrogen and oxygen atoms in total. The summed E-state index contributed by atoms with van der Waals surface area (Å²) >= 11 is 3.15. The van der Waals surface area contributed by atoms with Crippen LogP contribution >= 0.6 is 15.9 Å². The number of rotatable bonds is 8. The number of halogens is 1. The Morgan fingerprint density at radius 3 is 2.28 bits per heavy atom. The lowest BCUT2D eigenvalue weighted by atomic mass is 9.78. The van der Waals surface area contributed by atoms with E-state index in [-0.39, 0.29) is 66.1 Å². The Morgan fingerprint density at radius 1 is 0.884 bits per heavy atom. The zero-order valence-electron chi connectivity index (χ0n) is 42.6. The van der Waals surface area contributed by atoms with E-state index in [1.807, 2.05) is 58.1 Å². The molecule has 1 amide bonds. The molecule has 16 heteroatoms. The maximum atomic E-state index is 14.5. The Morgan fingerprint density at radius 2 is 1.61 bits per heavy atom. The smallest absolute Gasteiger partial charge is 0.329 e. The fraction of sp³-hybridized carbons (Fsp3) is 0.736. The predicted octanol–water partition coefficient (Wildman–Crippen LogP) is 7.13. The van der Waals surface area contributed by atoms with E-state index < -0.39 is 83.9 Å². The van der Waals surface area contributed by atoms with Crippen molar-refractivity contribution < 1.29 is 67.4 Å². The molecule has 69 heavy (non-hydrogen) atoms. The van der Waals surface area contributed by atoms with Crippen molar-refractivity contribution in [3.05, 3.63) is 47.6 Å². The number of methoxy groups -OCH3 is 3. The Kier molecular flexibility index (Phi) is 23.1. The van der Waals surface area contributed by atoms with Crippen LogP contribution in [0, 0.1) is 35.5 Å². The molecule has 0 radical (unpaired) electrons. The molecule has 2 N–H and O–H groups in total. The van der Waals surface area contributed by atoms with Crippen molar-refractivity contribution >= 4 is 51.1 Å². The van der Waals surface area contributed by atoms with E-state index in [0.29, 0.717) is 69.8 Å². The first-order valence-electron chi connectivity index (χ1n) is 24.9. The lowest BCUT2D eigenvalue weighted by Gasteiger charge is -2.42. The van der Waals surface area contributed by atoms with Crippen molar-refractivity contribution in [3.63, 3.8) is 0 Å². The van der Waals surface area contributed by atoms with Gasteiger partial charge in [0.2, 0.25) is 5.79 Å². The van der Waals surface area contributed by atoms with Gasteiger partial charge in [-0.05, 0) is 107 Å². The molecule has 3 heterocycles. The second-order valence-electron chi connectivity index (χ2n) is 20.2. The number of carbonyl (C=O) groups excluding carboxylic acids is 6. The number of allylic oxidation sites excluding steroid dienone is 6. The number of alkyl halides is 1. The van der Waals surface area contributed by atoms with Gasteiger partial charge in [-0.25, -0.2) is 4.79 Å². The Labute approximate surface area is 418 Å². The molecule has 4 rings (SSSR count). The van der Waals surface area contributed by atoms with E-state index in [1.54, 1.807) is 41.1 Å². The van der Waals surface area contributed by atoms with Crippen molar-refractivity contribution in [1.29, 1.82) is 0 Å². The zero-order chi connectivity index (χ0) is 51.2. The molecular formula is C53H80BrNO14. The summed E-state index contributed by atoms with van der Waals surface area (Å²) in [4.78, 5) is 84.3. The molecule has 4 aliphatic rings. The number of Topliss-reactive ketones (excluding diaryl/α,β-unsaturated/α-hetero) is 3. The van der Waals surface area contributed by atoms with Crippen molar-refractivity contribution in [2.24, 2.45) is 35.5 Å². The average Bonchev–Trinajstić information content (AvgIpc) is 3.33. The van der Waals surface area contributed by atoms with Crippen LogP contribution in [0.15, 0.2) is 47.6 Å². The number of aliphatic hydroxyl groups is 2. The lowest BCUT2D eigenvalue weighted by Crippen LogP contribution is -2.61. The topological polar surface area (TPSA) is 201 Å². The van der Waals surface area contributed by atoms with Gasteiger partial charge in [0.1, 0.15) is 41.6 Å². The second-order valence-corrected chi connectivity index (χ2v) is 20.7. The highest BCUT2D eigenvalue weighted by molar-refractivity contribution is 9.09. The third-order valence-electron chi connectivity index (χ3n) is 14.8. The standard InChI is InChI=1S/C53H80BrNO14/c1-31-16-12-11-13-17-32(2)43(64-8)28-39-21-19-37(7)53(63,69-39)50(60)51(61)55-23-15-14-18-40(55)52(62)68-44(34(4)26-38-20-22-42(45(27-38)65-9)67-46(57)30-54)29-41(56)33(3)25-36(6)48(59)49(66-10)47(58)35(5)24-31/h11-13,16-17,25,31,33-35,37-40,42-45,48-49,59,63H,14-15,18-24,26-30H2,1-10H3/b13-11+,16-12+,32-17+,36-25+/t31-,33-,34-,35-,37-,38+,39+,40+,42-,43+,44+,45-,48-,49+,53-/m1/s1. The monoisotopic (exact) mass is 1030 g/mol. The highest BCUT2D eigenvalue weighted by atomic mass is 79.9. The van der Waals surface area contributed by atoms with Gasteiger partial charge in [-0.15, -0.1) is 0 Å². The summed E-state index contributed by atoms with van der Waals surface area (Å²) in [6.07, 6.45) is 11.0. The normalized spacial score (nSPS) is 38.7. The van der Waals surface area contributed by atoms with Crippen LogP contribution in [0.2, 0.25) is 0 Å². The van der Waals surface area contributed by atoms with Crippen LogP contribution in [-0.4, -0.2) is 138 Å². The molecule has 3 aliphatic heterocycles. The first kappa shape index (κ1) is 58.2. The van der Waals surface area contributed by atoms with Crippen LogP contribution in [0.3, 0.4) is 0 Å². The first-order chi connectivity index (χ1) is 32.7. The number of hydrogen-bond donors (Lipinski definition) is 2. The molecule has 0 aromatic carbocycles. The number of amides is 1. The van der Waals surface area contributed by atoms with Crippen molar-refractivity contribution in [2.75, 3.05) is 33.2 Å². The fourth-order valence-electron chi connectivity index (χ4n) is 10.4. The van der Waals surface area contributed by atoms with Crippen LogP contribution in [-0.2, 0) is 57.2 Å². The number of piperidine rings is 1. The minimum Gasteiger partial charge on any atom is -0.460 e. The number of fused-ring (bicyclic) bond motifs is 3. The molecule has 388 valence electrons. The quantitative estimate of drug-likeness (QED) is 0.108. The number of ketones is 3. The molecule has 3 fully saturated rings. The molecule has 0 aromatic rings. The second kappa shape index (κ2) is 27.4. The van der Waals surface area contributed by atoms with Gasteiger partial charge in [0.15, 0.2) is 5.78 Å². The van der Waals surface area contributed by atoms with Crippen LogP contribution in [0.5, 0.6) is 0 Å². The van der Waals surface area contributed by atoms with Crippen molar-refractivity contribution in [3.8, 4) is 0 Å². The predicted molar refractivity (Wildman–Crippen MR) is 263 cm³/mol. The van der Waals surface area contributed by atoms with Gasteiger partial charge in [-0.3, -0.25) is 24.0 Å². The van der Waals surface area contributed by atoms with Crippen LogP contribution in [0.25, 0.3) is 0 Å². The summed E-state index contributed by atoms with van der Waals surface area (Å²) in [6.45, 7) is 12.7. The number of cyclic esters (lactones) is 1. The Balaban J connectivity index is 1.70. The molecule has 2 saturated heterocycles. The third kappa shape index (κ3) is 15.8. The summed E-state index contributed by atoms with van der Waals surface area (Å²) in [5.41, 5.74) is 1.25. The zero-order valence-corrected chi connectivity index (χ0v) is 44.2. The van der Waals surface area contributed by atoms with Gasteiger partial charge < -0.3 is 43.5 Å². The highest BCUT2D eigenvalue weighted by Gasteiger charge is 2.53. The summed E-state index contributed by atoms with van der Waals surface area (Å²) < 4.78 is 35.3. The van der Waals surface area contributed by atoms with Crippen molar-refractivity contribution in [2.45, 2.75) is 180 Å². The van der Waals surface area contributed by atoms with Gasteiger partial charge in [-0.1, -0.05) is 87.0 Å². The Bertz CT molecular complexity index is 1900. The van der Waals surface area contributed by atoms with Crippen LogP contribution < -0.4 is 0 Å². The molecule has 1 saturated carbocycles. The minimum absolute atomic E-state index is 0.00925. The minimum atomic E-state index is -2.44. The number of hydrogen-bond acceptors (Lipinski definition) is 14. The summed E-state index contributed by atoms with van der Waals surface area (Å²) in [5.74, 6) is -8.58. The molecule has 1 aliphatic carbocycles. The molecule has 0 aromatic heterocycles. The molecule has 0 unspecified atom stereocenters. The largest absolute Gasteiger partial charge is 0.460 e. The van der Waals surface area contributed by atoms with Gasteiger partial charge in [0.25, 0.3) is 11.7 Å². The molecule has 15 atom stereocenters. The fourth-order valence-corrected chi connectivity index (χ4v) is 10.6. The molecular weight excluding hydrogens is 954 g/mol. The molecule has 2 bridgehead atoms. The van der Waals surface area contributed by atoms with Gasteiger partial charge in [-0.2, -0.15) is 0 Å². The van der Waals surface area contributed by atoms with E-state index in [1.165, 1.54) is 12.0 Å². The molecule has 0 spiro atoms. The lowest BCUT2D eigenvalue weighted by molar-refractivity contribution is -0.265. The highest BCUT2D eigenvalue weighted by Crippen LogP contribution is 2.38. The number of esters is 2. The van der Waals surface area contributed by atoms with Crippen molar-refractivity contribution in [1.82, 2.24) is 4.90 Å². The summed E-state index contributed by atoms with van der Waals surface area (Å²) in [6, 6.07) is -1.16. The first-order valence-corrected chi connectivity index (χ1v) is 26.1. The van der Waals surface area contributed by atoms with E-state index in [9.17, 15) is 39.0 Å². The van der Waals surface area contributed by atoms with E-state index in [4.69, 9.17) is 28.4 Å². The number of aliphatic hydroxyl groups excluding tert-OH is 1. The van der Waals surface area contributed by atoms with E-state index >= 15 is 0 Å². The SMILES string of the molecule is CO[C@H]1C[C@@H]2CC[C@@H](C)[C@@](O)(O2)C(=O)C(=O)N2CCCC[C@H]2C(=O)O[C@H]([C@H](C)C[C@@H]2CC[C@@H](OC(=O)CBr)[C@H](OC)C2)CC(=O)[C@H](C)/C=C(\C)[C@@H](O)[C@@H](OC)C(=O)[C@H](C)C[C@H](C)/C=C/C=C/C=C/1C. The summed E-state index contributed by atoms with van der Waals surface area (Å²) in [5, 5.41) is 23.5. The number of carbonyl (C=O) groups is 6. The maximum Gasteiger partial charge on any atom is 0.329 e. The van der Waals surface area contributed by atoms with Crippen LogP contribution in [0.1, 0.15) is 126 Å². The number of nitrogens with zero attached hydrogens (tertiary/aromatic N) is 1. The van der Waals surface area contributed by atoms with Crippen LogP contribution in [0.4, 0.5) is 0 Å². The van der Waals surface area contributed by atoms with Gasteiger partial charge >= 0.3 is 11.9 Å². The maximum absolute atomic E-state index is 14.5. The summed E-state index contributed by atoms with van der Waals surface area (Å²) in [7, 11) is 4.52. The van der Waals surface area contributed by atoms with E-state index in [0.717, 1.165) is 5.57 Å². The average molecular weight is 1040 g/mol. The van der Waals surface area contributed by atoms with E-state index in [2.05, 4.69) is 15.9 Å². The Hall–Kier alpha value is -3.38. The third-order valence-corrected chi connectivity index (χ3v) is 15.3.